The number of fused-ring (bicyclic) bond motifs is 1. The zero-order valence-corrected chi connectivity index (χ0v) is 22.0. The number of ether oxygens (including phenoxy) is 1. The standard InChI is InChI=1S/C28H28F5N5O2/c1-17-11-37(6-7-40-17)12-18-8-21-22(23(9-18)28(31,32)33)13-38(24(21)39)20-5-3-4-19(10-20)26(14-27(29,30)15-26)25-35-34-16-36(25)2/h3-5,8-10,16-17H,6-7,11-15H2,1-2H3/t17-/m1/s1. The summed E-state index contributed by atoms with van der Waals surface area (Å²) < 4.78 is 78.2. The molecule has 0 radical (unpaired) electrons. The number of carbonyl (C=O) groups is 1. The van der Waals surface area contributed by atoms with E-state index in [-0.39, 0.29) is 30.3 Å². The molecule has 212 valence electrons. The maximum absolute atomic E-state index is 14.2. The van der Waals surface area contributed by atoms with Crippen LogP contribution in [0.25, 0.3) is 0 Å². The molecule has 1 atom stereocenters. The van der Waals surface area contributed by atoms with E-state index >= 15 is 0 Å². The normalized spacial score (nSPS) is 22.3. The van der Waals surface area contributed by atoms with Crippen molar-refractivity contribution in [2.24, 2.45) is 7.05 Å². The van der Waals surface area contributed by atoms with Gasteiger partial charge in [0, 0.05) is 50.8 Å². The second-order valence-corrected chi connectivity index (χ2v) is 11.1. The van der Waals surface area contributed by atoms with Crippen molar-refractivity contribution in [1.29, 1.82) is 0 Å². The highest BCUT2D eigenvalue weighted by molar-refractivity contribution is 6.10. The predicted octanol–water partition coefficient (Wildman–Crippen LogP) is 4.93. The second-order valence-electron chi connectivity index (χ2n) is 11.1. The van der Waals surface area contributed by atoms with Gasteiger partial charge in [-0.1, -0.05) is 12.1 Å². The number of hydrogen-bond acceptors (Lipinski definition) is 5. The molecule has 1 aromatic heterocycles. The maximum Gasteiger partial charge on any atom is 0.416 e. The molecule has 3 aliphatic rings. The number of anilines is 1. The summed E-state index contributed by atoms with van der Waals surface area (Å²) in [6.07, 6.45) is -4.21. The fourth-order valence-corrected chi connectivity index (χ4v) is 6.32. The third kappa shape index (κ3) is 4.56. The monoisotopic (exact) mass is 561 g/mol. The quantitative estimate of drug-likeness (QED) is 0.414. The van der Waals surface area contributed by atoms with Crippen LogP contribution in [0, 0.1) is 0 Å². The molecule has 2 aliphatic heterocycles. The Morgan fingerprint density at radius 3 is 2.58 bits per heavy atom. The zero-order valence-electron chi connectivity index (χ0n) is 22.0. The fourth-order valence-electron chi connectivity index (χ4n) is 6.32. The molecule has 3 heterocycles. The molecule has 1 aliphatic carbocycles. The van der Waals surface area contributed by atoms with Crippen molar-refractivity contribution < 1.29 is 31.5 Å². The SMILES string of the molecule is C[C@@H]1CN(Cc2cc3c(c(C(F)(F)F)c2)CN(c2cccc(C4(c5nncn5C)CC(F)(F)C4)c2)C3=O)CCO1. The van der Waals surface area contributed by atoms with E-state index in [0.717, 1.165) is 6.07 Å². The number of nitrogens with zero attached hydrogens (tertiary/aromatic N) is 5. The van der Waals surface area contributed by atoms with Crippen molar-refractivity contribution in [2.45, 2.75) is 56.5 Å². The van der Waals surface area contributed by atoms with Crippen molar-refractivity contribution in [3.63, 3.8) is 0 Å². The van der Waals surface area contributed by atoms with Crippen LogP contribution in [-0.4, -0.2) is 57.3 Å². The molecule has 12 heteroatoms. The Balaban J connectivity index is 1.35. The molecule has 1 saturated heterocycles. The van der Waals surface area contributed by atoms with Gasteiger partial charge in [0.1, 0.15) is 12.2 Å². The van der Waals surface area contributed by atoms with Gasteiger partial charge in [-0.25, -0.2) is 8.78 Å². The van der Waals surface area contributed by atoms with E-state index in [1.807, 2.05) is 11.8 Å². The number of morpholine rings is 1. The Morgan fingerprint density at radius 1 is 1.15 bits per heavy atom. The number of aryl methyl sites for hydroxylation is 1. The number of alkyl halides is 5. The summed E-state index contributed by atoms with van der Waals surface area (Å²) in [7, 11) is 1.67. The first-order valence-corrected chi connectivity index (χ1v) is 13.1. The van der Waals surface area contributed by atoms with E-state index in [0.29, 0.717) is 42.3 Å². The van der Waals surface area contributed by atoms with Crippen LogP contribution in [0.4, 0.5) is 27.6 Å². The van der Waals surface area contributed by atoms with Crippen molar-refractivity contribution in [1.82, 2.24) is 19.7 Å². The van der Waals surface area contributed by atoms with Gasteiger partial charge < -0.3 is 14.2 Å². The topological polar surface area (TPSA) is 63.5 Å². The third-order valence-electron chi connectivity index (χ3n) is 8.11. The van der Waals surface area contributed by atoms with Crippen LogP contribution >= 0.6 is 0 Å². The summed E-state index contributed by atoms with van der Waals surface area (Å²) in [4.78, 5) is 16.9. The van der Waals surface area contributed by atoms with E-state index in [2.05, 4.69) is 10.2 Å². The van der Waals surface area contributed by atoms with Gasteiger partial charge in [-0.3, -0.25) is 9.69 Å². The first-order chi connectivity index (χ1) is 18.9. The largest absolute Gasteiger partial charge is 0.416 e. The lowest BCUT2D eigenvalue weighted by molar-refractivity contribution is -0.138. The molecule has 1 saturated carbocycles. The Hall–Kier alpha value is -3.38. The lowest BCUT2D eigenvalue weighted by Gasteiger charge is -2.46. The summed E-state index contributed by atoms with van der Waals surface area (Å²) in [6, 6.07) is 9.21. The summed E-state index contributed by atoms with van der Waals surface area (Å²) in [5.41, 5.74) is -0.777. The highest BCUT2D eigenvalue weighted by atomic mass is 19.4. The predicted molar refractivity (Wildman–Crippen MR) is 135 cm³/mol. The third-order valence-corrected chi connectivity index (χ3v) is 8.11. The number of aromatic nitrogens is 3. The van der Waals surface area contributed by atoms with Crippen LogP contribution in [0.1, 0.15) is 58.2 Å². The number of amides is 1. The Labute approximate surface area is 227 Å². The maximum atomic E-state index is 14.2. The van der Waals surface area contributed by atoms with Crippen LogP contribution < -0.4 is 4.90 Å². The van der Waals surface area contributed by atoms with E-state index in [1.165, 1.54) is 11.2 Å². The van der Waals surface area contributed by atoms with Gasteiger partial charge in [0.2, 0.25) is 0 Å². The number of carbonyl (C=O) groups excluding carboxylic acids is 1. The van der Waals surface area contributed by atoms with Crippen LogP contribution in [-0.2, 0) is 36.5 Å². The van der Waals surface area contributed by atoms with Crippen molar-refractivity contribution in [2.75, 3.05) is 24.6 Å². The van der Waals surface area contributed by atoms with Crippen LogP contribution in [0.3, 0.4) is 0 Å². The van der Waals surface area contributed by atoms with Crippen molar-refractivity contribution in [3.8, 4) is 0 Å². The van der Waals surface area contributed by atoms with E-state index < -0.39 is 41.8 Å². The molecule has 0 bridgehead atoms. The number of hydrogen-bond donors (Lipinski definition) is 0. The first kappa shape index (κ1) is 26.8. The highest BCUT2D eigenvalue weighted by Gasteiger charge is 2.60. The molecule has 2 fully saturated rings. The molecule has 2 aromatic carbocycles. The molecule has 40 heavy (non-hydrogen) atoms. The van der Waals surface area contributed by atoms with Crippen LogP contribution in [0.2, 0.25) is 0 Å². The highest BCUT2D eigenvalue weighted by Crippen LogP contribution is 2.57. The van der Waals surface area contributed by atoms with Gasteiger partial charge in [0.15, 0.2) is 0 Å². The fraction of sp³-hybridized carbons (Fsp3) is 0.464. The molecule has 0 spiro atoms. The van der Waals surface area contributed by atoms with Gasteiger partial charge in [0.25, 0.3) is 11.8 Å². The number of benzene rings is 2. The van der Waals surface area contributed by atoms with Crippen molar-refractivity contribution >= 4 is 11.6 Å². The average molecular weight is 562 g/mol. The molecule has 6 rings (SSSR count). The smallest absolute Gasteiger partial charge is 0.376 e. The molecular formula is C28H28F5N5O2. The van der Waals surface area contributed by atoms with Gasteiger partial charge in [-0.2, -0.15) is 13.2 Å². The van der Waals surface area contributed by atoms with Crippen LogP contribution in [0.15, 0.2) is 42.7 Å². The minimum absolute atomic E-state index is 0.00901. The van der Waals surface area contributed by atoms with E-state index in [1.54, 1.807) is 41.9 Å². The van der Waals surface area contributed by atoms with Gasteiger partial charge in [-0.15, -0.1) is 10.2 Å². The van der Waals surface area contributed by atoms with Gasteiger partial charge in [-0.05, 0) is 47.9 Å². The Bertz CT molecular complexity index is 1460. The molecule has 0 unspecified atom stereocenters. The minimum Gasteiger partial charge on any atom is -0.376 e. The second kappa shape index (κ2) is 9.34. The summed E-state index contributed by atoms with van der Waals surface area (Å²) in [5, 5.41) is 7.94. The lowest BCUT2D eigenvalue weighted by Crippen LogP contribution is -2.51. The number of halogens is 5. The molecule has 7 nitrogen and oxygen atoms in total. The Morgan fingerprint density at radius 2 is 1.93 bits per heavy atom. The molecule has 1 amide bonds. The summed E-state index contributed by atoms with van der Waals surface area (Å²) >= 11 is 0. The van der Waals surface area contributed by atoms with E-state index in [9.17, 15) is 26.7 Å². The van der Waals surface area contributed by atoms with Crippen LogP contribution in [0.5, 0.6) is 0 Å². The minimum atomic E-state index is -4.65. The zero-order chi connectivity index (χ0) is 28.4. The molecular weight excluding hydrogens is 533 g/mol. The number of rotatable bonds is 5. The molecule has 0 N–H and O–H groups in total. The average Bonchev–Trinajstić information content (AvgIpc) is 3.44. The molecule has 3 aromatic rings. The van der Waals surface area contributed by atoms with Crippen molar-refractivity contribution in [3.05, 3.63) is 76.4 Å². The summed E-state index contributed by atoms with van der Waals surface area (Å²) in [6.45, 7) is 3.56. The first-order valence-electron chi connectivity index (χ1n) is 13.1. The summed E-state index contributed by atoms with van der Waals surface area (Å²) in [5.74, 6) is -3.08. The Kier molecular flexibility index (Phi) is 6.26. The van der Waals surface area contributed by atoms with Gasteiger partial charge >= 0.3 is 6.18 Å². The van der Waals surface area contributed by atoms with Gasteiger partial charge in [0.05, 0.1) is 30.2 Å². The lowest BCUT2D eigenvalue weighted by atomic mass is 9.61. The van der Waals surface area contributed by atoms with E-state index in [4.69, 9.17) is 4.74 Å².